The number of amides is 1. The van der Waals surface area contributed by atoms with E-state index >= 15 is 0 Å². The number of hydrazone groups is 1. The van der Waals surface area contributed by atoms with Crippen LogP contribution < -0.4 is 14.9 Å². The number of rotatable bonds is 8. The number of nitrogens with one attached hydrogen (secondary N) is 1. The lowest BCUT2D eigenvalue weighted by Gasteiger charge is -2.15. The van der Waals surface area contributed by atoms with Crippen molar-refractivity contribution in [3.8, 4) is 11.5 Å². The van der Waals surface area contributed by atoms with Gasteiger partial charge in [0.2, 0.25) is 0 Å². The van der Waals surface area contributed by atoms with E-state index < -0.39 is 0 Å². The Hall–Kier alpha value is -2.91. The molecule has 3 aromatic carbocycles. The standard InChI is InChI=1S/C25H21IN2O3S/c1-2-30-22-14-17(15-27-28-25(29)23-11-6-12-32-23)13-21(26)24(22)31-16-19-9-5-8-18-7-3-4-10-20(18)19/h3-15H,2,16H2,1H3,(H,28,29)/b27-15-. The predicted octanol–water partition coefficient (Wildman–Crippen LogP) is 6.25. The summed E-state index contributed by atoms with van der Waals surface area (Å²) < 4.78 is 13.0. The van der Waals surface area contributed by atoms with Gasteiger partial charge in [-0.05, 0) is 75.0 Å². The molecule has 1 amide bonds. The van der Waals surface area contributed by atoms with Crippen LogP contribution in [-0.4, -0.2) is 18.7 Å². The van der Waals surface area contributed by atoms with Crippen molar-refractivity contribution in [1.82, 2.24) is 5.43 Å². The molecule has 1 aromatic heterocycles. The van der Waals surface area contributed by atoms with Crippen molar-refractivity contribution >= 4 is 56.8 Å². The minimum atomic E-state index is -0.231. The topological polar surface area (TPSA) is 59.9 Å². The monoisotopic (exact) mass is 556 g/mol. The van der Waals surface area contributed by atoms with E-state index in [-0.39, 0.29) is 5.91 Å². The van der Waals surface area contributed by atoms with Crippen molar-refractivity contribution in [2.45, 2.75) is 13.5 Å². The first-order valence-electron chi connectivity index (χ1n) is 10.1. The van der Waals surface area contributed by atoms with Crippen molar-refractivity contribution in [3.63, 3.8) is 0 Å². The number of hydrogen-bond acceptors (Lipinski definition) is 5. The third kappa shape index (κ3) is 5.28. The molecule has 0 spiro atoms. The molecule has 4 aromatic rings. The van der Waals surface area contributed by atoms with E-state index in [0.717, 1.165) is 14.7 Å². The van der Waals surface area contributed by atoms with E-state index in [1.165, 1.54) is 22.1 Å². The zero-order chi connectivity index (χ0) is 22.3. The highest BCUT2D eigenvalue weighted by Gasteiger charge is 2.13. The molecule has 1 N–H and O–H groups in total. The molecule has 0 aliphatic carbocycles. The maximum Gasteiger partial charge on any atom is 0.281 e. The number of hydrogen-bond donors (Lipinski definition) is 1. The summed E-state index contributed by atoms with van der Waals surface area (Å²) >= 11 is 3.60. The van der Waals surface area contributed by atoms with Crippen LogP contribution in [0.2, 0.25) is 0 Å². The van der Waals surface area contributed by atoms with Gasteiger partial charge in [0.25, 0.3) is 5.91 Å². The average molecular weight is 556 g/mol. The van der Waals surface area contributed by atoms with Crippen LogP contribution in [0.25, 0.3) is 10.8 Å². The first-order chi connectivity index (χ1) is 15.7. The maximum absolute atomic E-state index is 12.0. The van der Waals surface area contributed by atoms with Crippen molar-refractivity contribution in [2.24, 2.45) is 5.10 Å². The van der Waals surface area contributed by atoms with Gasteiger partial charge in [0, 0.05) is 0 Å². The number of fused-ring (bicyclic) bond motifs is 1. The van der Waals surface area contributed by atoms with Crippen molar-refractivity contribution in [2.75, 3.05) is 6.61 Å². The average Bonchev–Trinajstić information content (AvgIpc) is 3.34. The fourth-order valence-electron chi connectivity index (χ4n) is 3.26. The summed E-state index contributed by atoms with van der Waals surface area (Å²) in [5, 5.41) is 8.29. The number of thiophene rings is 1. The molecule has 32 heavy (non-hydrogen) atoms. The van der Waals surface area contributed by atoms with Crippen LogP contribution in [0.5, 0.6) is 11.5 Å². The maximum atomic E-state index is 12.0. The molecular weight excluding hydrogens is 535 g/mol. The Labute approximate surface area is 204 Å². The van der Waals surface area contributed by atoms with Crippen LogP contribution in [0.1, 0.15) is 27.7 Å². The summed E-state index contributed by atoms with van der Waals surface area (Å²) in [6.07, 6.45) is 1.60. The van der Waals surface area contributed by atoms with Crippen molar-refractivity contribution in [3.05, 3.63) is 91.7 Å². The molecule has 0 aliphatic heterocycles. The number of nitrogens with zero attached hydrogens (tertiary/aromatic N) is 1. The van der Waals surface area contributed by atoms with E-state index in [0.29, 0.717) is 29.6 Å². The molecule has 0 unspecified atom stereocenters. The van der Waals surface area contributed by atoms with Gasteiger partial charge in [-0.1, -0.05) is 48.5 Å². The molecule has 162 valence electrons. The molecule has 5 nitrogen and oxygen atoms in total. The predicted molar refractivity (Wildman–Crippen MR) is 138 cm³/mol. The van der Waals surface area contributed by atoms with E-state index in [4.69, 9.17) is 9.47 Å². The molecule has 7 heteroatoms. The van der Waals surface area contributed by atoms with Crippen molar-refractivity contribution < 1.29 is 14.3 Å². The Balaban J connectivity index is 1.52. The largest absolute Gasteiger partial charge is 0.490 e. The van der Waals surface area contributed by atoms with Crippen LogP contribution in [0, 0.1) is 3.57 Å². The molecule has 0 aliphatic rings. The van der Waals surface area contributed by atoms with Crippen LogP contribution in [0.15, 0.2) is 77.2 Å². The van der Waals surface area contributed by atoms with E-state index in [1.807, 2.05) is 48.7 Å². The van der Waals surface area contributed by atoms with Gasteiger partial charge >= 0.3 is 0 Å². The summed E-state index contributed by atoms with van der Waals surface area (Å²) in [5.41, 5.74) is 4.47. The van der Waals surface area contributed by atoms with E-state index in [9.17, 15) is 4.79 Å². The molecule has 0 saturated carbocycles. The summed E-state index contributed by atoms with van der Waals surface area (Å²) in [5.74, 6) is 1.11. The highest BCUT2D eigenvalue weighted by Crippen LogP contribution is 2.35. The Morgan fingerprint density at radius 2 is 1.94 bits per heavy atom. The Bertz CT molecular complexity index is 1250. The number of benzene rings is 3. The SMILES string of the molecule is CCOc1cc(/C=N\NC(=O)c2cccs2)cc(I)c1OCc1cccc2ccccc12. The molecule has 0 fully saturated rings. The van der Waals surface area contributed by atoms with Crippen molar-refractivity contribution in [1.29, 1.82) is 0 Å². The molecule has 4 rings (SSSR count). The Morgan fingerprint density at radius 3 is 2.75 bits per heavy atom. The lowest BCUT2D eigenvalue weighted by atomic mass is 10.1. The van der Waals surface area contributed by atoms with Crippen LogP contribution in [0.3, 0.4) is 0 Å². The van der Waals surface area contributed by atoms with Gasteiger partial charge in [0.05, 0.1) is 21.3 Å². The quantitative estimate of drug-likeness (QED) is 0.159. The minimum Gasteiger partial charge on any atom is -0.490 e. The van der Waals surface area contributed by atoms with Gasteiger partial charge in [-0.2, -0.15) is 5.10 Å². The normalized spacial score (nSPS) is 11.1. The van der Waals surface area contributed by atoms with Crippen LogP contribution in [0.4, 0.5) is 0 Å². The number of carbonyl (C=O) groups excluding carboxylic acids is 1. The second kappa shape index (κ2) is 10.6. The summed E-state index contributed by atoms with van der Waals surface area (Å²) in [6.45, 7) is 2.88. The fraction of sp³-hybridized carbons (Fsp3) is 0.120. The zero-order valence-electron chi connectivity index (χ0n) is 17.4. The number of halogens is 1. The molecule has 0 atom stereocenters. The van der Waals surface area contributed by atoms with Gasteiger partial charge in [-0.3, -0.25) is 4.79 Å². The minimum absolute atomic E-state index is 0.231. The van der Waals surface area contributed by atoms with Gasteiger partial charge < -0.3 is 9.47 Å². The number of carbonyl (C=O) groups is 1. The molecule has 0 bridgehead atoms. The molecule has 1 heterocycles. The lowest BCUT2D eigenvalue weighted by molar-refractivity contribution is 0.0959. The third-order valence-electron chi connectivity index (χ3n) is 4.71. The summed E-state index contributed by atoms with van der Waals surface area (Å²) in [7, 11) is 0. The first-order valence-corrected chi connectivity index (χ1v) is 12.0. The van der Waals surface area contributed by atoms with Gasteiger partial charge in [0.1, 0.15) is 6.61 Å². The van der Waals surface area contributed by atoms with Gasteiger partial charge in [-0.25, -0.2) is 5.43 Å². The smallest absolute Gasteiger partial charge is 0.281 e. The lowest BCUT2D eigenvalue weighted by Crippen LogP contribution is -2.16. The fourth-order valence-corrected chi connectivity index (χ4v) is 4.66. The zero-order valence-corrected chi connectivity index (χ0v) is 20.4. The highest BCUT2D eigenvalue weighted by molar-refractivity contribution is 14.1. The Morgan fingerprint density at radius 1 is 1.09 bits per heavy atom. The summed E-state index contributed by atoms with van der Waals surface area (Å²) in [4.78, 5) is 12.7. The second-order valence-corrected chi connectivity index (χ2v) is 8.98. The molecule has 0 radical (unpaired) electrons. The summed E-state index contributed by atoms with van der Waals surface area (Å²) in [6, 6.07) is 21.9. The van der Waals surface area contributed by atoms with E-state index in [2.05, 4.69) is 57.4 Å². The second-order valence-electron chi connectivity index (χ2n) is 6.87. The first kappa shape index (κ1) is 22.3. The van der Waals surface area contributed by atoms with Gasteiger partial charge in [-0.15, -0.1) is 11.3 Å². The van der Waals surface area contributed by atoms with E-state index in [1.54, 1.807) is 12.3 Å². The van der Waals surface area contributed by atoms with Gasteiger partial charge in [0.15, 0.2) is 11.5 Å². The molecule has 0 saturated heterocycles. The highest BCUT2D eigenvalue weighted by atomic mass is 127. The Kier molecular flexibility index (Phi) is 7.39. The number of ether oxygens (including phenoxy) is 2. The molecular formula is C25H21IN2O3S. The van der Waals surface area contributed by atoms with Crippen LogP contribution >= 0.6 is 33.9 Å². The van der Waals surface area contributed by atoms with Crippen LogP contribution in [-0.2, 0) is 6.61 Å². The third-order valence-corrected chi connectivity index (χ3v) is 6.38.